The number of aliphatic hydroxyl groups excluding tert-OH is 1. The van der Waals surface area contributed by atoms with E-state index in [-0.39, 0.29) is 24.1 Å². The predicted octanol–water partition coefficient (Wildman–Crippen LogP) is 0.349. The summed E-state index contributed by atoms with van der Waals surface area (Å²) in [5.74, 6) is 0.172. The predicted molar refractivity (Wildman–Crippen MR) is 60.0 cm³/mol. The van der Waals surface area contributed by atoms with Crippen LogP contribution >= 0.6 is 11.8 Å². The summed E-state index contributed by atoms with van der Waals surface area (Å²) in [6.07, 6.45) is 0.854. The van der Waals surface area contributed by atoms with Gasteiger partial charge >= 0.3 is 0 Å². The third-order valence-electron chi connectivity index (χ3n) is 2.24. The van der Waals surface area contributed by atoms with Gasteiger partial charge < -0.3 is 20.5 Å². The van der Waals surface area contributed by atoms with Crippen LogP contribution in [0.25, 0.3) is 0 Å². The Bertz CT molecular complexity index is 372. The number of ether oxygens (including phenoxy) is 1. The van der Waals surface area contributed by atoms with E-state index in [1.165, 1.54) is 22.9 Å². The SMILES string of the molecule is C=C1N=C(N)C(F)=CN1[C@@H]1CS[C@@H](CO)O1. The summed E-state index contributed by atoms with van der Waals surface area (Å²) in [6.45, 7) is 3.60. The Kier molecular flexibility index (Phi) is 3.17. The van der Waals surface area contributed by atoms with Crippen molar-refractivity contribution in [3.63, 3.8) is 0 Å². The molecule has 3 N–H and O–H groups in total. The van der Waals surface area contributed by atoms with Crippen molar-refractivity contribution in [2.24, 2.45) is 10.7 Å². The van der Waals surface area contributed by atoms with Crippen LogP contribution in [0, 0.1) is 0 Å². The lowest BCUT2D eigenvalue weighted by atomic mass is 10.4. The maximum Gasteiger partial charge on any atom is 0.181 e. The lowest BCUT2D eigenvalue weighted by Gasteiger charge is -2.28. The molecule has 0 aromatic rings. The van der Waals surface area contributed by atoms with Crippen LogP contribution in [-0.2, 0) is 4.74 Å². The maximum absolute atomic E-state index is 13.2. The summed E-state index contributed by atoms with van der Waals surface area (Å²) in [7, 11) is 0. The Morgan fingerprint density at radius 2 is 2.56 bits per heavy atom. The third-order valence-corrected chi connectivity index (χ3v) is 3.35. The van der Waals surface area contributed by atoms with E-state index in [9.17, 15) is 4.39 Å². The smallest absolute Gasteiger partial charge is 0.181 e. The molecule has 0 amide bonds. The molecular weight excluding hydrogens is 233 g/mol. The van der Waals surface area contributed by atoms with Gasteiger partial charge in [-0.15, -0.1) is 11.8 Å². The van der Waals surface area contributed by atoms with E-state index in [2.05, 4.69) is 11.6 Å². The molecule has 0 spiro atoms. The number of nitrogens with zero attached hydrogens (tertiary/aromatic N) is 2. The van der Waals surface area contributed by atoms with Gasteiger partial charge in [0.1, 0.15) is 17.5 Å². The molecule has 2 atom stereocenters. The number of nitrogens with two attached hydrogens (primary N) is 1. The second-order valence-electron chi connectivity index (χ2n) is 3.33. The molecule has 2 aliphatic rings. The highest BCUT2D eigenvalue weighted by Gasteiger charge is 2.32. The highest BCUT2D eigenvalue weighted by Crippen LogP contribution is 2.30. The summed E-state index contributed by atoms with van der Waals surface area (Å²) in [4.78, 5) is 5.25. The van der Waals surface area contributed by atoms with Gasteiger partial charge in [0.05, 0.1) is 6.61 Å². The zero-order valence-corrected chi connectivity index (χ0v) is 9.28. The molecule has 5 nitrogen and oxygen atoms in total. The Labute approximate surface area is 96.5 Å². The van der Waals surface area contributed by atoms with Crippen molar-refractivity contribution in [2.75, 3.05) is 12.4 Å². The van der Waals surface area contributed by atoms with E-state index < -0.39 is 5.83 Å². The average molecular weight is 245 g/mol. The van der Waals surface area contributed by atoms with Gasteiger partial charge in [-0.25, -0.2) is 9.38 Å². The van der Waals surface area contributed by atoms with Crippen molar-refractivity contribution in [3.8, 4) is 0 Å². The third kappa shape index (κ3) is 2.06. The van der Waals surface area contributed by atoms with E-state index >= 15 is 0 Å². The first-order chi connectivity index (χ1) is 7.61. The number of amidine groups is 1. The lowest BCUT2D eigenvalue weighted by molar-refractivity contribution is -0.0248. The van der Waals surface area contributed by atoms with Gasteiger partial charge in [0.25, 0.3) is 0 Å². The van der Waals surface area contributed by atoms with Crippen molar-refractivity contribution in [3.05, 3.63) is 24.4 Å². The quantitative estimate of drug-likeness (QED) is 0.734. The van der Waals surface area contributed by atoms with Gasteiger partial charge in [-0.2, -0.15) is 0 Å². The van der Waals surface area contributed by atoms with Crippen molar-refractivity contribution in [1.29, 1.82) is 0 Å². The number of thioether (sulfide) groups is 1. The number of aliphatic imine (C=N–C) groups is 1. The summed E-state index contributed by atoms with van der Waals surface area (Å²) in [5, 5.41) is 8.92. The van der Waals surface area contributed by atoms with Gasteiger partial charge in [-0.05, 0) is 0 Å². The topological polar surface area (TPSA) is 71.1 Å². The number of hydrogen-bond acceptors (Lipinski definition) is 6. The Hall–Kier alpha value is -1.05. The standard InChI is InChI=1S/C9H12FN3O2S/c1-5-12-9(11)6(10)2-13(5)7-4-16-8(3-14)15-7/h2,7-8,14H,1,3-4H2,(H2,11,12)/t7-,8-/m0/s1. The minimum atomic E-state index is -0.603. The zero-order valence-electron chi connectivity index (χ0n) is 8.47. The maximum atomic E-state index is 13.2. The van der Waals surface area contributed by atoms with Crippen LogP contribution in [-0.4, -0.2) is 39.9 Å². The van der Waals surface area contributed by atoms with Gasteiger partial charge in [0, 0.05) is 12.0 Å². The number of hydrogen-bond donors (Lipinski definition) is 2. The largest absolute Gasteiger partial charge is 0.393 e. The second kappa shape index (κ2) is 4.44. The van der Waals surface area contributed by atoms with Crippen LogP contribution in [0.1, 0.15) is 0 Å². The van der Waals surface area contributed by atoms with E-state index in [0.717, 1.165) is 0 Å². The van der Waals surface area contributed by atoms with Crippen LogP contribution in [0.4, 0.5) is 4.39 Å². The monoisotopic (exact) mass is 245 g/mol. The molecule has 0 aromatic heterocycles. The molecule has 1 fully saturated rings. The van der Waals surface area contributed by atoms with E-state index in [1.54, 1.807) is 0 Å². The fourth-order valence-electron chi connectivity index (χ4n) is 1.45. The molecule has 0 unspecified atom stereocenters. The van der Waals surface area contributed by atoms with Crippen molar-refractivity contribution in [1.82, 2.24) is 4.90 Å². The van der Waals surface area contributed by atoms with E-state index in [0.29, 0.717) is 11.6 Å². The first kappa shape index (κ1) is 11.4. The highest BCUT2D eigenvalue weighted by atomic mass is 32.2. The molecule has 0 bridgehead atoms. The Balaban J connectivity index is 2.09. The highest BCUT2D eigenvalue weighted by molar-refractivity contribution is 8.00. The van der Waals surface area contributed by atoms with Crippen LogP contribution in [0.5, 0.6) is 0 Å². The molecule has 0 aromatic carbocycles. The van der Waals surface area contributed by atoms with Crippen molar-refractivity contribution in [2.45, 2.75) is 11.7 Å². The molecule has 2 rings (SSSR count). The number of aliphatic hydroxyl groups is 1. The van der Waals surface area contributed by atoms with Crippen LogP contribution < -0.4 is 5.73 Å². The first-order valence-corrected chi connectivity index (χ1v) is 5.73. The van der Waals surface area contributed by atoms with Crippen molar-refractivity contribution < 1.29 is 14.2 Å². The zero-order chi connectivity index (χ0) is 11.7. The summed E-state index contributed by atoms with van der Waals surface area (Å²) in [6, 6.07) is 0. The lowest BCUT2D eigenvalue weighted by Crippen LogP contribution is -2.35. The molecule has 2 aliphatic heterocycles. The number of halogens is 1. The fourth-order valence-corrected chi connectivity index (χ4v) is 2.38. The van der Waals surface area contributed by atoms with Gasteiger partial charge in [-0.1, -0.05) is 6.58 Å². The van der Waals surface area contributed by atoms with Crippen LogP contribution in [0.2, 0.25) is 0 Å². The summed E-state index contributed by atoms with van der Waals surface area (Å²) >= 11 is 1.46. The molecule has 88 valence electrons. The average Bonchev–Trinajstić information content (AvgIpc) is 2.71. The van der Waals surface area contributed by atoms with Crippen LogP contribution in [0.3, 0.4) is 0 Å². The Morgan fingerprint density at radius 1 is 1.81 bits per heavy atom. The molecule has 0 aliphatic carbocycles. The summed E-state index contributed by atoms with van der Waals surface area (Å²) in [5.41, 5.74) is 5.04. The normalized spacial score (nSPS) is 30.4. The van der Waals surface area contributed by atoms with Crippen molar-refractivity contribution >= 4 is 17.6 Å². The molecule has 0 saturated carbocycles. The molecule has 1 saturated heterocycles. The molecule has 7 heteroatoms. The first-order valence-electron chi connectivity index (χ1n) is 4.69. The van der Waals surface area contributed by atoms with Crippen LogP contribution in [0.15, 0.2) is 29.4 Å². The van der Waals surface area contributed by atoms with E-state index in [1.807, 2.05) is 0 Å². The Morgan fingerprint density at radius 3 is 3.19 bits per heavy atom. The number of rotatable bonds is 2. The van der Waals surface area contributed by atoms with Gasteiger partial charge in [-0.3, -0.25) is 0 Å². The fraction of sp³-hybridized carbons (Fsp3) is 0.444. The summed E-state index contributed by atoms with van der Waals surface area (Å²) < 4.78 is 18.7. The van der Waals surface area contributed by atoms with E-state index in [4.69, 9.17) is 15.6 Å². The van der Waals surface area contributed by atoms with Gasteiger partial charge in [0.2, 0.25) is 0 Å². The molecular formula is C9H12FN3O2S. The van der Waals surface area contributed by atoms with Gasteiger partial charge in [0.15, 0.2) is 11.7 Å². The molecule has 0 radical (unpaired) electrons. The molecule has 16 heavy (non-hydrogen) atoms. The minimum absolute atomic E-state index is 0.0704. The molecule has 2 heterocycles. The second-order valence-corrected chi connectivity index (χ2v) is 4.53. The minimum Gasteiger partial charge on any atom is -0.393 e.